The van der Waals surface area contributed by atoms with E-state index in [-0.39, 0.29) is 17.5 Å². The lowest BCUT2D eigenvalue weighted by Crippen LogP contribution is -2.21. The lowest BCUT2D eigenvalue weighted by Gasteiger charge is -2.15. The molecule has 1 heterocycles. The molecule has 0 radical (unpaired) electrons. The molecule has 1 N–H and O–H groups in total. The SMILES string of the molecule is O=c1[nH]c2cc(F)ccc2n1C1CCCCCC1. The zero-order chi connectivity index (χ0) is 12.5. The van der Waals surface area contributed by atoms with Crippen LogP contribution >= 0.6 is 0 Å². The van der Waals surface area contributed by atoms with Gasteiger partial charge in [-0.25, -0.2) is 9.18 Å². The van der Waals surface area contributed by atoms with Crippen molar-refractivity contribution in [3.8, 4) is 0 Å². The molecule has 1 aromatic carbocycles. The van der Waals surface area contributed by atoms with Crippen molar-refractivity contribution in [3.05, 3.63) is 34.5 Å². The number of rotatable bonds is 1. The van der Waals surface area contributed by atoms with Gasteiger partial charge in [0.2, 0.25) is 0 Å². The maximum atomic E-state index is 13.2. The molecule has 3 rings (SSSR count). The summed E-state index contributed by atoms with van der Waals surface area (Å²) in [5, 5.41) is 0. The molecular weight excluding hydrogens is 231 g/mol. The molecule has 0 spiro atoms. The summed E-state index contributed by atoms with van der Waals surface area (Å²) >= 11 is 0. The molecular formula is C14H17FN2O. The molecule has 4 heteroatoms. The topological polar surface area (TPSA) is 37.8 Å². The Morgan fingerprint density at radius 1 is 1.17 bits per heavy atom. The van der Waals surface area contributed by atoms with E-state index in [1.165, 1.54) is 37.8 Å². The molecule has 96 valence electrons. The number of aromatic nitrogens is 2. The van der Waals surface area contributed by atoms with Gasteiger partial charge < -0.3 is 4.98 Å². The number of aromatic amines is 1. The van der Waals surface area contributed by atoms with E-state index in [0.717, 1.165) is 18.4 Å². The Morgan fingerprint density at radius 3 is 2.61 bits per heavy atom. The monoisotopic (exact) mass is 248 g/mol. The molecule has 18 heavy (non-hydrogen) atoms. The van der Waals surface area contributed by atoms with Crippen LogP contribution in [0.5, 0.6) is 0 Å². The van der Waals surface area contributed by atoms with Crippen LogP contribution in [0, 0.1) is 5.82 Å². The first-order valence-electron chi connectivity index (χ1n) is 6.65. The van der Waals surface area contributed by atoms with Gasteiger partial charge >= 0.3 is 5.69 Å². The molecule has 2 aromatic rings. The van der Waals surface area contributed by atoms with E-state index in [4.69, 9.17) is 0 Å². The predicted octanol–water partition coefficient (Wildman–Crippen LogP) is 3.36. The molecule has 1 aliphatic rings. The number of benzene rings is 1. The molecule has 0 saturated heterocycles. The van der Waals surface area contributed by atoms with Crippen molar-refractivity contribution >= 4 is 11.0 Å². The van der Waals surface area contributed by atoms with Gasteiger partial charge in [0.1, 0.15) is 5.82 Å². The van der Waals surface area contributed by atoms with Crippen molar-refractivity contribution in [2.45, 2.75) is 44.6 Å². The van der Waals surface area contributed by atoms with Crippen molar-refractivity contribution < 1.29 is 4.39 Å². The van der Waals surface area contributed by atoms with E-state index >= 15 is 0 Å². The molecule has 1 aromatic heterocycles. The summed E-state index contributed by atoms with van der Waals surface area (Å²) in [7, 11) is 0. The van der Waals surface area contributed by atoms with E-state index in [0.29, 0.717) is 5.52 Å². The Balaban J connectivity index is 2.09. The highest BCUT2D eigenvalue weighted by Gasteiger charge is 2.18. The summed E-state index contributed by atoms with van der Waals surface area (Å²) in [5.41, 5.74) is 1.32. The summed E-state index contributed by atoms with van der Waals surface area (Å²) in [6.45, 7) is 0. The van der Waals surface area contributed by atoms with Gasteiger partial charge in [0, 0.05) is 6.04 Å². The van der Waals surface area contributed by atoms with Crippen LogP contribution in [-0.4, -0.2) is 9.55 Å². The molecule has 1 aliphatic carbocycles. The van der Waals surface area contributed by atoms with Crippen molar-refractivity contribution in [3.63, 3.8) is 0 Å². The minimum absolute atomic E-state index is 0.109. The molecule has 0 unspecified atom stereocenters. The second-order valence-corrected chi connectivity index (χ2v) is 5.11. The normalized spacial score (nSPS) is 18.1. The molecule has 3 nitrogen and oxygen atoms in total. The fourth-order valence-corrected chi connectivity index (χ4v) is 2.98. The smallest absolute Gasteiger partial charge is 0.305 e. The highest BCUT2D eigenvalue weighted by atomic mass is 19.1. The van der Waals surface area contributed by atoms with Gasteiger partial charge in [-0.05, 0) is 31.0 Å². The van der Waals surface area contributed by atoms with E-state index in [2.05, 4.69) is 4.98 Å². The molecule has 1 fully saturated rings. The quantitative estimate of drug-likeness (QED) is 0.772. The van der Waals surface area contributed by atoms with Crippen molar-refractivity contribution in [2.24, 2.45) is 0 Å². The van der Waals surface area contributed by atoms with Gasteiger partial charge in [0.15, 0.2) is 0 Å². The molecule has 0 aliphatic heterocycles. The highest BCUT2D eigenvalue weighted by molar-refractivity contribution is 5.75. The first-order chi connectivity index (χ1) is 8.75. The second-order valence-electron chi connectivity index (χ2n) is 5.11. The fourth-order valence-electron chi connectivity index (χ4n) is 2.98. The first-order valence-corrected chi connectivity index (χ1v) is 6.65. The second kappa shape index (κ2) is 4.59. The van der Waals surface area contributed by atoms with Crippen LogP contribution in [-0.2, 0) is 0 Å². The van der Waals surface area contributed by atoms with Crippen LogP contribution < -0.4 is 5.69 Å². The van der Waals surface area contributed by atoms with E-state index in [1.807, 2.05) is 4.57 Å². The zero-order valence-electron chi connectivity index (χ0n) is 10.3. The molecule has 0 atom stereocenters. The van der Waals surface area contributed by atoms with Crippen LogP contribution in [0.25, 0.3) is 11.0 Å². The van der Waals surface area contributed by atoms with Crippen LogP contribution in [0.4, 0.5) is 4.39 Å². The summed E-state index contributed by atoms with van der Waals surface area (Å²) in [5.74, 6) is -0.309. The number of hydrogen-bond acceptors (Lipinski definition) is 1. The maximum Gasteiger partial charge on any atom is 0.326 e. The van der Waals surface area contributed by atoms with Crippen molar-refractivity contribution in [1.82, 2.24) is 9.55 Å². The number of nitrogens with one attached hydrogen (secondary N) is 1. The number of nitrogens with zero attached hydrogens (tertiary/aromatic N) is 1. The third-order valence-corrected chi connectivity index (χ3v) is 3.87. The average molecular weight is 248 g/mol. The lowest BCUT2D eigenvalue weighted by atomic mass is 10.1. The summed E-state index contributed by atoms with van der Waals surface area (Å²) < 4.78 is 15.0. The highest BCUT2D eigenvalue weighted by Crippen LogP contribution is 2.28. The summed E-state index contributed by atoms with van der Waals surface area (Å²) in [6, 6.07) is 4.78. The first kappa shape index (κ1) is 11.5. The lowest BCUT2D eigenvalue weighted by molar-refractivity contribution is 0.444. The zero-order valence-corrected chi connectivity index (χ0v) is 10.3. The van der Waals surface area contributed by atoms with Gasteiger partial charge in [-0.1, -0.05) is 25.7 Å². The summed E-state index contributed by atoms with van der Waals surface area (Å²) in [6.07, 6.45) is 6.94. The minimum atomic E-state index is -0.309. The number of H-pyrrole nitrogens is 1. The van der Waals surface area contributed by atoms with Crippen molar-refractivity contribution in [1.29, 1.82) is 0 Å². The maximum absolute atomic E-state index is 13.2. The number of halogens is 1. The minimum Gasteiger partial charge on any atom is -0.305 e. The Kier molecular flexibility index (Phi) is 2.94. The Hall–Kier alpha value is -1.58. The van der Waals surface area contributed by atoms with E-state index in [1.54, 1.807) is 6.07 Å². The van der Waals surface area contributed by atoms with Gasteiger partial charge in [-0.2, -0.15) is 0 Å². The number of hydrogen-bond donors (Lipinski definition) is 1. The predicted molar refractivity (Wildman–Crippen MR) is 69.3 cm³/mol. The largest absolute Gasteiger partial charge is 0.326 e. The van der Waals surface area contributed by atoms with Crippen LogP contribution in [0.3, 0.4) is 0 Å². The number of imidazole rings is 1. The molecule has 0 bridgehead atoms. The van der Waals surface area contributed by atoms with Gasteiger partial charge in [-0.3, -0.25) is 4.57 Å². The summed E-state index contributed by atoms with van der Waals surface area (Å²) in [4.78, 5) is 14.8. The van der Waals surface area contributed by atoms with Gasteiger partial charge in [-0.15, -0.1) is 0 Å². The molecule has 1 saturated carbocycles. The fraction of sp³-hybridized carbons (Fsp3) is 0.500. The standard InChI is InChI=1S/C14H17FN2O/c15-10-7-8-13-12(9-10)16-14(18)17(13)11-5-3-1-2-4-6-11/h7-9,11H,1-6H2,(H,16,18). The Labute approximate surface area is 105 Å². The van der Waals surface area contributed by atoms with Crippen LogP contribution in [0.1, 0.15) is 44.6 Å². The molecule has 0 amide bonds. The third kappa shape index (κ3) is 1.96. The number of fused-ring (bicyclic) bond motifs is 1. The Morgan fingerprint density at radius 2 is 1.89 bits per heavy atom. The van der Waals surface area contributed by atoms with Gasteiger partial charge in [0.25, 0.3) is 0 Å². The van der Waals surface area contributed by atoms with Gasteiger partial charge in [0.05, 0.1) is 11.0 Å². The average Bonchev–Trinajstić information content (AvgIpc) is 2.54. The van der Waals surface area contributed by atoms with Crippen LogP contribution in [0.15, 0.2) is 23.0 Å². The van der Waals surface area contributed by atoms with Crippen LogP contribution in [0.2, 0.25) is 0 Å². The van der Waals surface area contributed by atoms with E-state index < -0.39 is 0 Å². The third-order valence-electron chi connectivity index (χ3n) is 3.87. The van der Waals surface area contributed by atoms with E-state index in [9.17, 15) is 9.18 Å². The Bertz CT molecular complexity index is 606. The van der Waals surface area contributed by atoms with Crippen molar-refractivity contribution in [2.75, 3.05) is 0 Å².